The number of nitrogens with zero attached hydrogens (tertiary/aromatic N) is 4. The summed E-state index contributed by atoms with van der Waals surface area (Å²) in [4.78, 5) is 0. The fraction of sp³-hybridized carbons (Fsp3) is 0.400. The topological polar surface area (TPSA) is 63.7 Å². The fourth-order valence-corrected chi connectivity index (χ4v) is 2.88. The Morgan fingerprint density at radius 3 is 2.86 bits per heavy atom. The zero-order valence-electron chi connectivity index (χ0n) is 12.2. The van der Waals surface area contributed by atoms with Crippen LogP contribution < -0.4 is 4.74 Å². The van der Waals surface area contributed by atoms with E-state index in [4.69, 9.17) is 10.00 Å². The Labute approximate surface area is 128 Å². The van der Waals surface area contributed by atoms with Gasteiger partial charge >= 0.3 is 0 Å². The molecular formula is C15H18N4OS. The number of thioether (sulfide) groups is 1. The van der Waals surface area contributed by atoms with E-state index in [-0.39, 0.29) is 0 Å². The molecular weight excluding hydrogens is 284 g/mol. The van der Waals surface area contributed by atoms with Crippen LogP contribution >= 0.6 is 11.8 Å². The van der Waals surface area contributed by atoms with E-state index in [1.165, 1.54) is 0 Å². The summed E-state index contributed by atoms with van der Waals surface area (Å²) in [5.41, 5.74) is 0.936. The maximum Gasteiger partial charge on any atom is 0.191 e. The van der Waals surface area contributed by atoms with Crippen molar-refractivity contribution >= 4 is 11.8 Å². The highest BCUT2D eigenvalue weighted by Gasteiger charge is 2.14. The summed E-state index contributed by atoms with van der Waals surface area (Å²) in [5, 5.41) is 17.9. The van der Waals surface area contributed by atoms with Gasteiger partial charge in [-0.3, -0.25) is 0 Å². The monoisotopic (exact) mass is 302 g/mol. The normalized spacial score (nSPS) is 10.3. The van der Waals surface area contributed by atoms with Crippen LogP contribution in [0.3, 0.4) is 0 Å². The third-order valence-electron chi connectivity index (χ3n) is 3.10. The lowest BCUT2D eigenvalue weighted by atomic mass is 10.2. The van der Waals surface area contributed by atoms with Crippen LogP contribution in [-0.4, -0.2) is 27.6 Å². The Balaban J connectivity index is 2.08. The van der Waals surface area contributed by atoms with Crippen molar-refractivity contribution in [1.82, 2.24) is 14.8 Å². The van der Waals surface area contributed by atoms with Gasteiger partial charge in [0, 0.05) is 19.2 Å². The molecule has 6 heteroatoms. The molecule has 0 spiro atoms. The third-order valence-corrected chi connectivity index (χ3v) is 4.20. The van der Waals surface area contributed by atoms with Crippen LogP contribution in [0.1, 0.15) is 19.3 Å². The number of hydrogen-bond donors (Lipinski definition) is 0. The van der Waals surface area contributed by atoms with Gasteiger partial charge in [0.1, 0.15) is 5.75 Å². The van der Waals surface area contributed by atoms with Gasteiger partial charge in [0.15, 0.2) is 11.0 Å². The van der Waals surface area contributed by atoms with Crippen molar-refractivity contribution < 1.29 is 4.74 Å². The number of rotatable bonds is 7. The summed E-state index contributed by atoms with van der Waals surface area (Å²) >= 11 is 1.67. The molecule has 0 radical (unpaired) electrons. The molecule has 2 rings (SSSR count). The molecule has 0 aliphatic carbocycles. The molecule has 0 amide bonds. The van der Waals surface area contributed by atoms with E-state index in [0.29, 0.717) is 6.42 Å². The summed E-state index contributed by atoms with van der Waals surface area (Å²) in [6.07, 6.45) is 2.56. The van der Waals surface area contributed by atoms with Crippen LogP contribution in [0, 0.1) is 11.3 Å². The second-order valence-electron chi connectivity index (χ2n) is 4.53. The highest BCUT2D eigenvalue weighted by Crippen LogP contribution is 2.30. The lowest BCUT2D eigenvalue weighted by molar-refractivity contribution is 0.416. The Hall–Kier alpha value is -2.00. The van der Waals surface area contributed by atoms with Crippen molar-refractivity contribution in [3.63, 3.8) is 0 Å². The molecule has 21 heavy (non-hydrogen) atoms. The molecule has 0 unspecified atom stereocenters. The smallest absolute Gasteiger partial charge is 0.191 e. The second-order valence-corrected chi connectivity index (χ2v) is 5.59. The summed E-state index contributed by atoms with van der Waals surface area (Å²) in [5.74, 6) is 2.53. The molecule has 110 valence electrons. The van der Waals surface area contributed by atoms with Gasteiger partial charge in [-0.15, -0.1) is 10.2 Å². The number of ether oxygens (including phenoxy) is 1. The molecule has 5 nitrogen and oxygen atoms in total. The van der Waals surface area contributed by atoms with E-state index in [9.17, 15) is 0 Å². The fourth-order valence-electron chi connectivity index (χ4n) is 1.97. The minimum atomic E-state index is 0.617. The lowest BCUT2D eigenvalue weighted by Crippen LogP contribution is -1.97. The first-order valence-corrected chi connectivity index (χ1v) is 7.79. The van der Waals surface area contributed by atoms with Gasteiger partial charge in [-0.05, 0) is 25.0 Å². The van der Waals surface area contributed by atoms with Gasteiger partial charge in [0.2, 0.25) is 0 Å². The van der Waals surface area contributed by atoms with Crippen molar-refractivity contribution in [2.45, 2.75) is 24.4 Å². The maximum atomic E-state index is 8.51. The molecule has 0 bridgehead atoms. The summed E-state index contributed by atoms with van der Waals surface area (Å²) in [6.45, 7) is 0. The van der Waals surface area contributed by atoms with Gasteiger partial charge in [0.25, 0.3) is 0 Å². The van der Waals surface area contributed by atoms with Crippen LogP contribution in [0.4, 0.5) is 0 Å². The van der Waals surface area contributed by atoms with E-state index in [0.717, 1.165) is 40.9 Å². The molecule has 0 saturated heterocycles. The summed E-state index contributed by atoms with van der Waals surface area (Å²) < 4.78 is 7.35. The first kappa shape index (κ1) is 15.4. The Kier molecular flexibility index (Phi) is 5.64. The van der Waals surface area contributed by atoms with Crippen LogP contribution in [0.25, 0.3) is 11.4 Å². The van der Waals surface area contributed by atoms with Gasteiger partial charge in [-0.1, -0.05) is 23.9 Å². The third kappa shape index (κ3) is 3.76. The van der Waals surface area contributed by atoms with Gasteiger partial charge in [-0.25, -0.2) is 0 Å². The van der Waals surface area contributed by atoms with E-state index in [1.807, 2.05) is 35.9 Å². The SMILES string of the molecule is COc1ccccc1-c1nnc(SCCCCC#N)n1C. The molecule has 0 saturated carbocycles. The first-order valence-electron chi connectivity index (χ1n) is 6.80. The highest BCUT2D eigenvalue weighted by molar-refractivity contribution is 7.99. The number of nitriles is 1. The highest BCUT2D eigenvalue weighted by atomic mass is 32.2. The number of hydrogen-bond acceptors (Lipinski definition) is 5. The number of methoxy groups -OCH3 is 1. The van der Waals surface area contributed by atoms with E-state index in [2.05, 4.69) is 16.3 Å². The van der Waals surface area contributed by atoms with E-state index < -0.39 is 0 Å². The molecule has 0 N–H and O–H groups in total. The average molecular weight is 302 g/mol. The zero-order chi connectivity index (χ0) is 15.1. The average Bonchev–Trinajstić information content (AvgIpc) is 2.88. The molecule has 0 fully saturated rings. The molecule has 0 aliphatic heterocycles. The standard InChI is InChI=1S/C15H18N4OS/c1-19-14(12-8-4-5-9-13(12)20-2)17-18-15(19)21-11-7-3-6-10-16/h4-5,8-9H,3,6-7,11H2,1-2H3. The van der Waals surface area contributed by atoms with Crippen LogP contribution in [0.5, 0.6) is 5.75 Å². The van der Waals surface area contributed by atoms with Crippen molar-refractivity contribution in [2.75, 3.05) is 12.9 Å². The molecule has 1 aromatic heterocycles. The van der Waals surface area contributed by atoms with Crippen molar-refractivity contribution in [2.24, 2.45) is 7.05 Å². The van der Waals surface area contributed by atoms with E-state index >= 15 is 0 Å². The van der Waals surface area contributed by atoms with Gasteiger partial charge < -0.3 is 9.30 Å². The molecule has 0 atom stereocenters. The molecule has 1 aromatic carbocycles. The minimum absolute atomic E-state index is 0.617. The van der Waals surface area contributed by atoms with Gasteiger partial charge in [0.05, 0.1) is 18.7 Å². The second kappa shape index (κ2) is 7.70. The Morgan fingerprint density at radius 2 is 2.10 bits per heavy atom. The van der Waals surface area contributed by atoms with Gasteiger partial charge in [-0.2, -0.15) is 5.26 Å². The molecule has 0 aliphatic rings. The van der Waals surface area contributed by atoms with Crippen molar-refractivity contribution in [1.29, 1.82) is 5.26 Å². The summed E-state index contributed by atoms with van der Waals surface area (Å²) in [7, 11) is 3.61. The van der Waals surface area contributed by atoms with Crippen molar-refractivity contribution in [3.8, 4) is 23.2 Å². The minimum Gasteiger partial charge on any atom is -0.496 e. The number of benzene rings is 1. The molecule has 2 aromatic rings. The summed E-state index contributed by atoms with van der Waals surface area (Å²) in [6, 6.07) is 9.95. The number of aromatic nitrogens is 3. The Morgan fingerprint density at radius 1 is 1.29 bits per heavy atom. The maximum absolute atomic E-state index is 8.51. The quantitative estimate of drug-likeness (QED) is 0.580. The number of unbranched alkanes of at least 4 members (excludes halogenated alkanes) is 2. The van der Waals surface area contributed by atoms with Crippen LogP contribution in [0.2, 0.25) is 0 Å². The van der Waals surface area contributed by atoms with Crippen LogP contribution in [0.15, 0.2) is 29.4 Å². The Bertz CT molecular complexity index is 633. The largest absolute Gasteiger partial charge is 0.496 e. The van der Waals surface area contributed by atoms with Crippen LogP contribution in [-0.2, 0) is 7.05 Å². The zero-order valence-corrected chi connectivity index (χ0v) is 13.1. The first-order chi connectivity index (χ1) is 10.3. The predicted molar refractivity (Wildman–Crippen MR) is 83.2 cm³/mol. The number of para-hydroxylation sites is 1. The predicted octanol–water partition coefficient (Wildman–Crippen LogP) is 3.28. The lowest BCUT2D eigenvalue weighted by Gasteiger charge is -2.08. The molecule has 1 heterocycles. The van der Waals surface area contributed by atoms with E-state index in [1.54, 1.807) is 18.9 Å². The van der Waals surface area contributed by atoms with Crippen molar-refractivity contribution in [3.05, 3.63) is 24.3 Å².